The Morgan fingerprint density at radius 1 is 1.53 bits per heavy atom. The zero-order chi connectivity index (χ0) is 11.4. The van der Waals surface area contributed by atoms with Crippen LogP contribution in [0, 0.1) is 6.92 Å². The molecule has 0 fully saturated rings. The maximum Gasteiger partial charge on any atom is 0.138 e. The Balaban J connectivity index is 2.55. The molecule has 0 saturated carbocycles. The number of rotatable bonds is 4. The van der Waals surface area contributed by atoms with Crippen molar-refractivity contribution in [3.05, 3.63) is 23.0 Å². The Labute approximate surface area is 96.0 Å². The van der Waals surface area contributed by atoms with Gasteiger partial charge in [-0.2, -0.15) is 0 Å². The summed E-state index contributed by atoms with van der Waals surface area (Å²) >= 11 is 5.82. The summed E-state index contributed by atoms with van der Waals surface area (Å²) in [6.07, 6.45) is 1.65. The largest absolute Gasteiger partial charge is 0.490 e. The molecule has 15 heavy (non-hydrogen) atoms. The molecule has 0 aliphatic heterocycles. The molecule has 4 heteroatoms. The number of pyridine rings is 1. The van der Waals surface area contributed by atoms with Crippen molar-refractivity contribution in [1.82, 2.24) is 9.88 Å². The fourth-order valence-electron chi connectivity index (χ4n) is 0.977. The molecule has 0 bridgehead atoms. The molecular weight excluding hydrogens is 212 g/mol. The number of ether oxygens (including phenoxy) is 1. The van der Waals surface area contributed by atoms with Gasteiger partial charge in [-0.15, -0.1) is 0 Å². The van der Waals surface area contributed by atoms with Crippen LogP contribution in [0.3, 0.4) is 0 Å². The number of likely N-dealkylation sites (N-methyl/N-ethyl adjacent to an activating group) is 1. The standard InChI is InChI=1S/C11H17ClN2O/c1-8-5-10(6-13-11(8)12)15-7-9(2)14(3)4/h5-6,9H,7H2,1-4H3/t9-/m1/s1. The summed E-state index contributed by atoms with van der Waals surface area (Å²) in [5, 5.41) is 0.531. The van der Waals surface area contributed by atoms with E-state index in [0.29, 0.717) is 17.8 Å². The third-order valence-corrected chi connectivity index (χ3v) is 2.76. The zero-order valence-electron chi connectivity index (χ0n) is 9.62. The van der Waals surface area contributed by atoms with E-state index in [1.807, 2.05) is 27.1 Å². The molecule has 0 aromatic carbocycles. The SMILES string of the molecule is Cc1cc(OC[C@@H](C)N(C)C)cnc1Cl. The lowest BCUT2D eigenvalue weighted by molar-refractivity contribution is 0.198. The van der Waals surface area contributed by atoms with E-state index in [2.05, 4.69) is 16.8 Å². The average Bonchev–Trinajstić information content (AvgIpc) is 2.19. The molecule has 0 radical (unpaired) electrons. The number of aromatic nitrogens is 1. The van der Waals surface area contributed by atoms with Gasteiger partial charge in [-0.25, -0.2) is 4.98 Å². The Morgan fingerprint density at radius 3 is 2.73 bits per heavy atom. The molecule has 84 valence electrons. The van der Waals surface area contributed by atoms with E-state index in [4.69, 9.17) is 16.3 Å². The number of halogens is 1. The van der Waals surface area contributed by atoms with Gasteiger partial charge in [0, 0.05) is 6.04 Å². The number of nitrogens with zero attached hydrogens (tertiary/aromatic N) is 2. The second-order valence-corrected chi connectivity index (χ2v) is 4.26. The fraction of sp³-hybridized carbons (Fsp3) is 0.545. The molecule has 1 heterocycles. The van der Waals surface area contributed by atoms with Gasteiger partial charge >= 0.3 is 0 Å². The van der Waals surface area contributed by atoms with E-state index in [1.165, 1.54) is 0 Å². The Morgan fingerprint density at radius 2 is 2.20 bits per heavy atom. The predicted molar refractivity (Wildman–Crippen MR) is 62.6 cm³/mol. The van der Waals surface area contributed by atoms with Crippen molar-refractivity contribution in [1.29, 1.82) is 0 Å². The second-order valence-electron chi connectivity index (χ2n) is 3.90. The first-order chi connectivity index (χ1) is 7.00. The summed E-state index contributed by atoms with van der Waals surface area (Å²) in [6, 6.07) is 2.28. The van der Waals surface area contributed by atoms with Crippen LogP contribution in [0.5, 0.6) is 5.75 Å². The highest BCUT2D eigenvalue weighted by atomic mass is 35.5. The van der Waals surface area contributed by atoms with Crippen LogP contribution in [0.25, 0.3) is 0 Å². The van der Waals surface area contributed by atoms with Crippen molar-refractivity contribution in [2.45, 2.75) is 19.9 Å². The van der Waals surface area contributed by atoms with Crippen LogP contribution in [0.15, 0.2) is 12.3 Å². The lowest BCUT2D eigenvalue weighted by Crippen LogP contribution is -2.30. The normalized spacial score (nSPS) is 12.9. The number of hydrogen-bond acceptors (Lipinski definition) is 3. The average molecular weight is 229 g/mol. The first-order valence-electron chi connectivity index (χ1n) is 4.92. The topological polar surface area (TPSA) is 25.4 Å². The van der Waals surface area contributed by atoms with E-state index < -0.39 is 0 Å². The molecule has 0 unspecified atom stereocenters. The third kappa shape index (κ3) is 3.68. The predicted octanol–water partition coefficient (Wildman–Crippen LogP) is 2.37. The van der Waals surface area contributed by atoms with Crippen LogP contribution in [-0.2, 0) is 0 Å². The Hall–Kier alpha value is -0.800. The highest BCUT2D eigenvalue weighted by molar-refractivity contribution is 6.30. The van der Waals surface area contributed by atoms with E-state index >= 15 is 0 Å². The van der Waals surface area contributed by atoms with Gasteiger partial charge in [-0.3, -0.25) is 0 Å². The molecule has 1 rings (SSSR count). The first kappa shape index (κ1) is 12.3. The zero-order valence-corrected chi connectivity index (χ0v) is 10.4. The molecule has 1 aromatic rings. The van der Waals surface area contributed by atoms with Gasteiger partial charge in [0.05, 0.1) is 6.20 Å². The summed E-state index contributed by atoms with van der Waals surface area (Å²) in [5.41, 5.74) is 0.937. The van der Waals surface area contributed by atoms with E-state index in [1.54, 1.807) is 6.20 Å². The van der Waals surface area contributed by atoms with Gasteiger partial charge in [0.2, 0.25) is 0 Å². The molecule has 3 nitrogen and oxygen atoms in total. The maximum atomic E-state index is 5.82. The van der Waals surface area contributed by atoms with Crippen molar-refractivity contribution in [2.75, 3.05) is 20.7 Å². The van der Waals surface area contributed by atoms with Gasteiger partial charge in [-0.05, 0) is 39.6 Å². The van der Waals surface area contributed by atoms with Crippen LogP contribution in [-0.4, -0.2) is 36.6 Å². The van der Waals surface area contributed by atoms with Gasteiger partial charge < -0.3 is 9.64 Å². The van der Waals surface area contributed by atoms with E-state index in [9.17, 15) is 0 Å². The fourth-order valence-corrected chi connectivity index (χ4v) is 1.08. The smallest absolute Gasteiger partial charge is 0.138 e. The highest BCUT2D eigenvalue weighted by Gasteiger charge is 2.06. The van der Waals surface area contributed by atoms with Crippen molar-refractivity contribution in [3.63, 3.8) is 0 Å². The summed E-state index contributed by atoms with van der Waals surface area (Å²) in [5.74, 6) is 0.769. The minimum Gasteiger partial charge on any atom is -0.490 e. The summed E-state index contributed by atoms with van der Waals surface area (Å²) < 4.78 is 5.60. The second kappa shape index (κ2) is 5.33. The molecule has 0 saturated heterocycles. The molecule has 1 aromatic heterocycles. The van der Waals surface area contributed by atoms with Crippen LogP contribution < -0.4 is 4.74 Å². The number of aryl methyl sites for hydroxylation is 1. The molecule has 0 N–H and O–H groups in total. The molecule has 0 aliphatic rings. The summed E-state index contributed by atoms with van der Waals surface area (Å²) in [6.45, 7) is 4.67. The minimum atomic E-state index is 0.376. The molecule has 0 aliphatic carbocycles. The van der Waals surface area contributed by atoms with E-state index in [-0.39, 0.29) is 0 Å². The maximum absolute atomic E-state index is 5.82. The van der Waals surface area contributed by atoms with Crippen LogP contribution in [0.4, 0.5) is 0 Å². The lowest BCUT2D eigenvalue weighted by Gasteiger charge is -2.19. The van der Waals surface area contributed by atoms with Gasteiger partial charge in [0.15, 0.2) is 0 Å². The van der Waals surface area contributed by atoms with Gasteiger partial charge in [-0.1, -0.05) is 11.6 Å². The van der Waals surface area contributed by atoms with Gasteiger partial charge in [0.25, 0.3) is 0 Å². The monoisotopic (exact) mass is 228 g/mol. The molecule has 1 atom stereocenters. The number of hydrogen-bond donors (Lipinski definition) is 0. The Kier molecular flexibility index (Phi) is 4.36. The quantitative estimate of drug-likeness (QED) is 0.740. The van der Waals surface area contributed by atoms with E-state index in [0.717, 1.165) is 11.3 Å². The Bertz CT molecular complexity index is 328. The van der Waals surface area contributed by atoms with Crippen LogP contribution in [0.1, 0.15) is 12.5 Å². The summed E-state index contributed by atoms with van der Waals surface area (Å²) in [7, 11) is 4.05. The molecule has 0 amide bonds. The van der Waals surface area contributed by atoms with Crippen LogP contribution >= 0.6 is 11.6 Å². The van der Waals surface area contributed by atoms with Crippen molar-refractivity contribution >= 4 is 11.6 Å². The highest BCUT2D eigenvalue weighted by Crippen LogP contribution is 2.18. The minimum absolute atomic E-state index is 0.376. The lowest BCUT2D eigenvalue weighted by atomic mass is 10.3. The molecule has 0 spiro atoms. The van der Waals surface area contributed by atoms with Crippen molar-refractivity contribution < 1.29 is 4.74 Å². The van der Waals surface area contributed by atoms with Crippen LogP contribution in [0.2, 0.25) is 5.15 Å². The summed E-state index contributed by atoms with van der Waals surface area (Å²) in [4.78, 5) is 6.14. The van der Waals surface area contributed by atoms with Crippen molar-refractivity contribution in [2.24, 2.45) is 0 Å². The first-order valence-corrected chi connectivity index (χ1v) is 5.30. The molecular formula is C11H17ClN2O. The van der Waals surface area contributed by atoms with Crippen molar-refractivity contribution in [3.8, 4) is 5.75 Å². The van der Waals surface area contributed by atoms with Gasteiger partial charge in [0.1, 0.15) is 17.5 Å². The third-order valence-electron chi connectivity index (χ3n) is 2.36.